The molecule has 0 radical (unpaired) electrons. The fraction of sp³-hybridized carbons (Fsp3) is 0.455. The first-order valence-corrected chi connectivity index (χ1v) is 8.05. The molecule has 0 N–H and O–H groups in total. The van der Waals surface area contributed by atoms with Gasteiger partial charge in [-0.1, -0.05) is 63.1 Å². The number of para-hydroxylation sites is 1. The van der Waals surface area contributed by atoms with Crippen molar-refractivity contribution >= 4 is 11.4 Å². The molecule has 0 spiro atoms. The molecule has 0 fully saturated rings. The Balaban J connectivity index is -0.00000121. The number of allylic oxidation sites excluding steroid dienone is 2. The molecule has 0 unspecified atom stereocenters. The van der Waals surface area contributed by atoms with Crippen molar-refractivity contribution in [2.24, 2.45) is 4.99 Å². The van der Waals surface area contributed by atoms with Crippen molar-refractivity contribution in [3.63, 3.8) is 0 Å². The van der Waals surface area contributed by atoms with E-state index in [2.05, 4.69) is 57.0 Å². The van der Waals surface area contributed by atoms with E-state index in [-0.39, 0.29) is 48.1 Å². The molecule has 2 nitrogen and oxygen atoms in total. The molecule has 1 aliphatic rings. The van der Waals surface area contributed by atoms with E-state index in [1.807, 2.05) is 7.05 Å². The standard InChI is InChI=1S/C19H27N2.3CH3.Hf/c1-13(2)15-9-8-10-16(14(3)4)19(15)21-18-12-7-6-11-17(18)20-5;;;;/h8-10,12-14H,6-7,11H2,1-5H3;3*1H3;/q4*-1;+4. The molecule has 0 amide bonds. The zero-order valence-electron chi connectivity index (χ0n) is 17.5. The van der Waals surface area contributed by atoms with Gasteiger partial charge in [-0.3, -0.25) is 4.99 Å². The predicted octanol–water partition coefficient (Wildman–Crippen LogP) is 7.43. The van der Waals surface area contributed by atoms with Gasteiger partial charge in [0.05, 0.1) is 0 Å². The van der Waals surface area contributed by atoms with Crippen molar-refractivity contribution < 1.29 is 25.8 Å². The number of hydrogen-bond acceptors (Lipinski definition) is 1. The zero-order chi connectivity index (χ0) is 15.4. The molecule has 0 saturated heterocycles. The normalized spacial score (nSPS) is 14.7. The fourth-order valence-electron chi connectivity index (χ4n) is 2.85. The topological polar surface area (TPSA) is 26.5 Å². The van der Waals surface area contributed by atoms with Gasteiger partial charge in [-0.05, 0) is 31.1 Å². The average molecular weight is 507 g/mol. The van der Waals surface area contributed by atoms with Crippen LogP contribution in [0.2, 0.25) is 0 Å². The number of nitrogens with zero attached hydrogens (tertiary/aromatic N) is 2. The summed E-state index contributed by atoms with van der Waals surface area (Å²) in [6.07, 6.45) is 5.59. The average Bonchev–Trinajstić information content (AvgIpc) is 2.47. The van der Waals surface area contributed by atoms with Gasteiger partial charge in [-0.2, -0.15) is 0 Å². The van der Waals surface area contributed by atoms with Crippen LogP contribution in [0.15, 0.2) is 35.0 Å². The maximum absolute atomic E-state index is 5.04. The Morgan fingerprint density at radius 1 is 0.960 bits per heavy atom. The van der Waals surface area contributed by atoms with Gasteiger partial charge < -0.3 is 27.6 Å². The van der Waals surface area contributed by atoms with Crippen molar-refractivity contribution in [1.29, 1.82) is 0 Å². The first kappa shape index (κ1) is 29.1. The molecule has 0 aromatic heterocycles. The second-order valence-corrected chi connectivity index (χ2v) is 6.36. The summed E-state index contributed by atoms with van der Waals surface area (Å²) in [5, 5.41) is 5.04. The molecular weight excluding hydrogens is 471 g/mol. The minimum atomic E-state index is 0. The van der Waals surface area contributed by atoms with Crippen LogP contribution in [0.3, 0.4) is 0 Å². The Labute approximate surface area is 176 Å². The monoisotopic (exact) mass is 508 g/mol. The number of aliphatic imine (C=N–C) groups is 1. The van der Waals surface area contributed by atoms with E-state index < -0.39 is 0 Å². The molecule has 1 aliphatic carbocycles. The number of hydrogen-bond donors (Lipinski definition) is 0. The molecule has 1 aromatic rings. The van der Waals surface area contributed by atoms with Crippen LogP contribution in [-0.4, -0.2) is 12.8 Å². The molecule has 2 rings (SSSR count). The number of benzene rings is 1. The summed E-state index contributed by atoms with van der Waals surface area (Å²) in [5.41, 5.74) is 6.07. The van der Waals surface area contributed by atoms with E-state index in [9.17, 15) is 0 Å². The fourth-order valence-corrected chi connectivity index (χ4v) is 2.85. The van der Waals surface area contributed by atoms with Gasteiger partial charge in [-0.25, -0.2) is 0 Å². The van der Waals surface area contributed by atoms with Crippen LogP contribution in [0.4, 0.5) is 5.69 Å². The molecule has 0 bridgehead atoms. The van der Waals surface area contributed by atoms with Gasteiger partial charge in [0.1, 0.15) is 0 Å². The van der Waals surface area contributed by atoms with Crippen molar-refractivity contribution in [1.82, 2.24) is 0 Å². The second kappa shape index (κ2) is 13.5. The van der Waals surface area contributed by atoms with Crippen LogP contribution in [0.5, 0.6) is 0 Å². The minimum absolute atomic E-state index is 0. The van der Waals surface area contributed by atoms with Crippen molar-refractivity contribution in [3.05, 3.63) is 68.7 Å². The van der Waals surface area contributed by atoms with Crippen molar-refractivity contribution in [3.8, 4) is 0 Å². The smallest absolute Gasteiger partial charge is 0.656 e. The van der Waals surface area contributed by atoms with E-state index in [0.29, 0.717) is 11.8 Å². The summed E-state index contributed by atoms with van der Waals surface area (Å²) in [7, 11) is 1.88. The molecule has 138 valence electrons. The van der Waals surface area contributed by atoms with E-state index in [4.69, 9.17) is 5.32 Å². The molecular formula is C22H36HfN2. The van der Waals surface area contributed by atoms with Gasteiger partial charge in [0, 0.05) is 12.8 Å². The summed E-state index contributed by atoms with van der Waals surface area (Å²) in [5.74, 6) is 0.960. The first-order chi connectivity index (χ1) is 10.0. The third-order valence-corrected chi connectivity index (χ3v) is 4.10. The maximum Gasteiger partial charge on any atom is 4.00 e. The van der Waals surface area contributed by atoms with Gasteiger partial charge in [-0.15, -0.1) is 11.4 Å². The molecule has 25 heavy (non-hydrogen) atoms. The number of rotatable bonds is 4. The van der Waals surface area contributed by atoms with E-state index in [1.165, 1.54) is 17.5 Å². The third-order valence-electron chi connectivity index (χ3n) is 4.10. The van der Waals surface area contributed by atoms with Crippen molar-refractivity contribution in [2.45, 2.75) is 58.8 Å². The molecule has 0 aliphatic heterocycles. The maximum atomic E-state index is 5.04. The molecule has 0 saturated carbocycles. The van der Waals surface area contributed by atoms with Gasteiger partial charge in [0.15, 0.2) is 0 Å². The predicted molar refractivity (Wildman–Crippen MR) is 112 cm³/mol. The summed E-state index contributed by atoms with van der Waals surface area (Å²) in [6.45, 7) is 8.95. The van der Waals surface area contributed by atoms with E-state index >= 15 is 0 Å². The SMILES string of the molecule is CN=C1CCCC=C1[N-]c1c(C(C)C)cccc1C(C)C.[CH3-].[CH3-].[CH3-].[Hf+4]. The molecule has 0 heterocycles. The van der Waals surface area contributed by atoms with Crippen LogP contribution >= 0.6 is 0 Å². The summed E-state index contributed by atoms with van der Waals surface area (Å²) in [6, 6.07) is 6.58. The Kier molecular flexibility index (Phi) is 15.7. The van der Waals surface area contributed by atoms with Crippen LogP contribution in [0, 0.1) is 22.3 Å². The Morgan fingerprint density at radius 2 is 1.48 bits per heavy atom. The largest absolute Gasteiger partial charge is 4.00 e. The quantitative estimate of drug-likeness (QED) is 0.300. The summed E-state index contributed by atoms with van der Waals surface area (Å²) < 4.78 is 0. The van der Waals surface area contributed by atoms with Crippen LogP contribution in [0.1, 0.15) is 69.9 Å². The van der Waals surface area contributed by atoms with Crippen LogP contribution in [-0.2, 0) is 25.8 Å². The Bertz CT molecular complexity index is 531. The third kappa shape index (κ3) is 7.21. The first-order valence-electron chi connectivity index (χ1n) is 8.05. The summed E-state index contributed by atoms with van der Waals surface area (Å²) in [4.78, 5) is 4.43. The van der Waals surface area contributed by atoms with Crippen LogP contribution < -0.4 is 0 Å². The van der Waals surface area contributed by atoms with Crippen molar-refractivity contribution in [2.75, 3.05) is 7.05 Å². The van der Waals surface area contributed by atoms with Gasteiger partial charge >= 0.3 is 25.8 Å². The minimum Gasteiger partial charge on any atom is -0.656 e. The molecule has 1 aromatic carbocycles. The second-order valence-electron chi connectivity index (χ2n) is 6.36. The Morgan fingerprint density at radius 3 is 1.92 bits per heavy atom. The van der Waals surface area contributed by atoms with Gasteiger partial charge in [0.25, 0.3) is 0 Å². The van der Waals surface area contributed by atoms with E-state index in [0.717, 1.165) is 29.9 Å². The van der Waals surface area contributed by atoms with Gasteiger partial charge in [0.2, 0.25) is 0 Å². The molecule has 3 heteroatoms. The zero-order valence-corrected chi connectivity index (χ0v) is 21.1. The molecule has 0 atom stereocenters. The van der Waals surface area contributed by atoms with Crippen LogP contribution in [0.25, 0.3) is 5.32 Å². The Hall–Kier alpha value is -0.700. The summed E-state index contributed by atoms with van der Waals surface area (Å²) >= 11 is 0. The van der Waals surface area contributed by atoms with E-state index in [1.54, 1.807) is 0 Å².